The summed E-state index contributed by atoms with van der Waals surface area (Å²) in [5, 5.41) is 7.13. The van der Waals surface area contributed by atoms with E-state index in [1.165, 1.54) is 0 Å². The zero-order valence-corrected chi connectivity index (χ0v) is 11.9. The molecule has 0 unspecified atom stereocenters. The highest BCUT2D eigenvalue weighted by Crippen LogP contribution is 2.08. The van der Waals surface area contributed by atoms with Gasteiger partial charge in [-0.1, -0.05) is 31.2 Å². The van der Waals surface area contributed by atoms with E-state index >= 15 is 0 Å². The highest BCUT2D eigenvalue weighted by molar-refractivity contribution is 5.86. The molecule has 0 saturated carbocycles. The van der Waals surface area contributed by atoms with Crippen molar-refractivity contribution in [1.82, 2.24) is 10.4 Å². The fraction of sp³-hybridized carbons (Fsp3) is 0.188. The quantitative estimate of drug-likeness (QED) is 0.631. The summed E-state index contributed by atoms with van der Waals surface area (Å²) in [6.45, 7) is 1.95. The first-order valence-electron chi connectivity index (χ1n) is 6.84. The Kier molecular flexibility index (Phi) is 5.46. The Hall–Kier alpha value is -2.69. The first-order valence-corrected chi connectivity index (χ1v) is 6.84. The number of hydrogen-bond donors (Lipinski definition) is 2. The van der Waals surface area contributed by atoms with E-state index in [-0.39, 0.29) is 11.9 Å². The summed E-state index contributed by atoms with van der Waals surface area (Å²) in [5.41, 5.74) is 4.29. The number of rotatable bonds is 6. The van der Waals surface area contributed by atoms with Crippen molar-refractivity contribution in [3.05, 3.63) is 60.4 Å². The molecule has 1 aromatic carbocycles. The van der Waals surface area contributed by atoms with Crippen molar-refractivity contribution < 1.29 is 4.79 Å². The van der Waals surface area contributed by atoms with Crippen molar-refractivity contribution in [2.24, 2.45) is 5.10 Å². The second-order valence-electron chi connectivity index (χ2n) is 4.49. The smallest absolute Gasteiger partial charge is 0.262 e. The summed E-state index contributed by atoms with van der Waals surface area (Å²) in [6, 6.07) is 13.0. The van der Waals surface area contributed by atoms with Crippen LogP contribution in [0.4, 0.5) is 5.69 Å². The number of hydrogen-bond acceptors (Lipinski definition) is 4. The second-order valence-corrected chi connectivity index (χ2v) is 4.49. The van der Waals surface area contributed by atoms with Crippen LogP contribution in [0, 0.1) is 0 Å². The molecule has 0 aliphatic heterocycles. The Balaban J connectivity index is 1.90. The third-order valence-electron chi connectivity index (χ3n) is 2.91. The average molecular weight is 282 g/mol. The van der Waals surface area contributed by atoms with E-state index in [1.54, 1.807) is 18.6 Å². The largest absolute Gasteiger partial charge is 0.374 e. The maximum atomic E-state index is 12.1. The lowest BCUT2D eigenvalue weighted by atomic mass is 10.2. The number of amides is 1. The van der Waals surface area contributed by atoms with Crippen LogP contribution in [0.1, 0.15) is 18.9 Å². The fourth-order valence-electron chi connectivity index (χ4n) is 1.79. The van der Waals surface area contributed by atoms with Crippen LogP contribution in [0.15, 0.2) is 60.0 Å². The lowest BCUT2D eigenvalue weighted by molar-refractivity contribution is -0.121. The van der Waals surface area contributed by atoms with Gasteiger partial charge < -0.3 is 5.32 Å². The molecule has 0 aliphatic carbocycles. The van der Waals surface area contributed by atoms with Crippen LogP contribution in [0.5, 0.6) is 0 Å². The minimum absolute atomic E-state index is 0.165. The Bertz CT molecular complexity index is 584. The van der Waals surface area contributed by atoms with Gasteiger partial charge in [0.1, 0.15) is 6.04 Å². The van der Waals surface area contributed by atoms with Crippen LogP contribution < -0.4 is 10.7 Å². The van der Waals surface area contributed by atoms with Crippen LogP contribution in [0.2, 0.25) is 0 Å². The topological polar surface area (TPSA) is 66.4 Å². The van der Waals surface area contributed by atoms with E-state index in [9.17, 15) is 4.79 Å². The van der Waals surface area contributed by atoms with Gasteiger partial charge in [0.25, 0.3) is 5.91 Å². The number of para-hydroxylation sites is 1. The summed E-state index contributed by atoms with van der Waals surface area (Å²) >= 11 is 0. The molecule has 0 spiro atoms. The SMILES string of the molecule is CC[C@H](Nc1ccccc1)C(=O)N/N=C\c1cccnc1. The van der Waals surface area contributed by atoms with Crippen LogP contribution >= 0.6 is 0 Å². The van der Waals surface area contributed by atoms with Gasteiger partial charge in [0.05, 0.1) is 6.21 Å². The van der Waals surface area contributed by atoms with Crippen molar-refractivity contribution >= 4 is 17.8 Å². The van der Waals surface area contributed by atoms with Gasteiger partial charge in [-0.2, -0.15) is 5.10 Å². The fourth-order valence-corrected chi connectivity index (χ4v) is 1.79. The lowest BCUT2D eigenvalue weighted by Crippen LogP contribution is -2.36. The standard InChI is InChI=1S/C16H18N4O/c1-2-15(19-14-8-4-3-5-9-14)16(21)20-18-12-13-7-6-10-17-11-13/h3-12,15,19H,2H2,1H3,(H,20,21)/b18-12-/t15-/m0/s1. The molecule has 0 aliphatic rings. The molecule has 0 fully saturated rings. The van der Waals surface area contributed by atoms with Gasteiger partial charge in [-0.05, 0) is 24.6 Å². The molecule has 2 N–H and O–H groups in total. The van der Waals surface area contributed by atoms with Gasteiger partial charge >= 0.3 is 0 Å². The second kappa shape index (κ2) is 7.79. The number of nitrogens with one attached hydrogen (secondary N) is 2. The first kappa shape index (κ1) is 14.7. The zero-order valence-electron chi connectivity index (χ0n) is 11.9. The Labute approximate surface area is 124 Å². The number of carbonyl (C=O) groups excluding carboxylic acids is 1. The van der Waals surface area contributed by atoms with Crippen LogP contribution in [-0.4, -0.2) is 23.1 Å². The van der Waals surface area contributed by atoms with E-state index < -0.39 is 0 Å². The third-order valence-corrected chi connectivity index (χ3v) is 2.91. The molecule has 0 bridgehead atoms. The van der Waals surface area contributed by atoms with Crippen LogP contribution in [0.25, 0.3) is 0 Å². The molecular formula is C16H18N4O. The zero-order chi connectivity index (χ0) is 14.9. The molecule has 5 nitrogen and oxygen atoms in total. The average Bonchev–Trinajstić information content (AvgIpc) is 2.54. The Morgan fingerprint density at radius 2 is 2.10 bits per heavy atom. The molecule has 0 saturated heterocycles. The van der Waals surface area contributed by atoms with Crippen molar-refractivity contribution in [2.75, 3.05) is 5.32 Å². The van der Waals surface area contributed by atoms with Gasteiger partial charge in [0.2, 0.25) is 0 Å². The van der Waals surface area contributed by atoms with Crippen molar-refractivity contribution in [2.45, 2.75) is 19.4 Å². The van der Waals surface area contributed by atoms with Gasteiger partial charge in [0, 0.05) is 23.6 Å². The summed E-state index contributed by atoms with van der Waals surface area (Å²) in [7, 11) is 0. The first-order chi connectivity index (χ1) is 10.3. The number of aromatic nitrogens is 1. The van der Waals surface area contributed by atoms with Gasteiger partial charge in [-0.25, -0.2) is 5.43 Å². The molecule has 21 heavy (non-hydrogen) atoms. The lowest BCUT2D eigenvalue weighted by Gasteiger charge is -2.16. The van der Waals surface area contributed by atoms with E-state index in [0.29, 0.717) is 6.42 Å². The predicted octanol–water partition coefficient (Wildman–Crippen LogP) is 2.42. The third kappa shape index (κ3) is 4.72. The number of pyridine rings is 1. The summed E-state index contributed by atoms with van der Waals surface area (Å²) < 4.78 is 0. The van der Waals surface area contributed by atoms with Crippen LogP contribution in [-0.2, 0) is 4.79 Å². The molecular weight excluding hydrogens is 264 g/mol. The normalized spacial score (nSPS) is 12.0. The minimum atomic E-state index is -0.321. The number of hydrazone groups is 1. The molecule has 108 valence electrons. The highest BCUT2D eigenvalue weighted by Gasteiger charge is 2.15. The molecule has 2 rings (SSSR count). The predicted molar refractivity (Wildman–Crippen MR) is 84.1 cm³/mol. The number of anilines is 1. The number of nitrogens with zero attached hydrogens (tertiary/aromatic N) is 2. The van der Waals surface area contributed by atoms with Gasteiger partial charge in [0.15, 0.2) is 0 Å². The molecule has 2 aromatic rings. The maximum Gasteiger partial charge on any atom is 0.262 e. The van der Waals surface area contributed by atoms with E-state index in [0.717, 1.165) is 11.3 Å². The maximum absolute atomic E-state index is 12.1. The molecule has 0 radical (unpaired) electrons. The van der Waals surface area contributed by atoms with E-state index in [2.05, 4.69) is 20.8 Å². The highest BCUT2D eigenvalue weighted by atomic mass is 16.2. The minimum Gasteiger partial charge on any atom is -0.374 e. The van der Waals surface area contributed by atoms with Crippen molar-refractivity contribution in [3.8, 4) is 0 Å². The van der Waals surface area contributed by atoms with E-state index in [1.807, 2.05) is 49.4 Å². The molecule has 1 atom stereocenters. The van der Waals surface area contributed by atoms with Crippen molar-refractivity contribution in [1.29, 1.82) is 0 Å². The number of carbonyl (C=O) groups is 1. The molecule has 1 heterocycles. The van der Waals surface area contributed by atoms with Crippen LogP contribution in [0.3, 0.4) is 0 Å². The molecule has 5 heteroatoms. The summed E-state index contributed by atoms with van der Waals surface area (Å²) in [6.07, 6.45) is 5.60. The van der Waals surface area contributed by atoms with Crippen molar-refractivity contribution in [3.63, 3.8) is 0 Å². The molecule has 1 aromatic heterocycles. The molecule has 1 amide bonds. The van der Waals surface area contributed by atoms with E-state index in [4.69, 9.17) is 0 Å². The van der Waals surface area contributed by atoms with Gasteiger partial charge in [-0.15, -0.1) is 0 Å². The number of benzene rings is 1. The monoisotopic (exact) mass is 282 g/mol. The summed E-state index contributed by atoms with van der Waals surface area (Å²) in [4.78, 5) is 16.0. The Morgan fingerprint density at radius 1 is 1.29 bits per heavy atom. The Morgan fingerprint density at radius 3 is 2.76 bits per heavy atom. The van der Waals surface area contributed by atoms with Gasteiger partial charge in [-0.3, -0.25) is 9.78 Å². The summed E-state index contributed by atoms with van der Waals surface area (Å²) in [5.74, 6) is -0.165.